The molecule has 0 unspecified atom stereocenters. The second-order valence-corrected chi connectivity index (χ2v) is 6.53. The Morgan fingerprint density at radius 3 is 2.50 bits per heavy atom. The van der Waals surface area contributed by atoms with E-state index in [1.54, 1.807) is 22.9 Å². The molecule has 1 fully saturated rings. The molecule has 7 heteroatoms. The third kappa shape index (κ3) is 2.93. The Labute approximate surface area is 128 Å². The lowest BCUT2D eigenvalue weighted by atomic mass is 9.95. The van der Waals surface area contributed by atoms with Gasteiger partial charge in [-0.15, -0.1) is 0 Å². The monoisotopic (exact) mass is 310 g/mol. The van der Waals surface area contributed by atoms with E-state index in [4.69, 9.17) is 18.0 Å². The molecule has 0 radical (unpaired) electrons. The summed E-state index contributed by atoms with van der Waals surface area (Å²) >= 11 is 6.85. The van der Waals surface area contributed by atoms with Crippen molar-refractivity contribution in [2.45, 2.75) is 24.5 Å². The van der Waals surface area contributed by atoms with Crippen LogP contribution in [-0.4, -0.2) is 49.9 Å². The van der Waals surface area contributed by atoms with E-state index in [2.05, 4.69) is 9.97 Å². The average Bonchev–Trinajstić information content (AvgIpc) is 2.47. The molecule has 0 bridgehead atoms. The van der Waals surface area contributed by atoms with Crippen LogP contribution >= 0.6 is 24.0 Å². The van der Waals surface area contributed by atoms with Crippen LogP contribution in [-0.2, 0) is 0 Å². The van der Waals surface area contributed by atoms with Crippen LogP contribution in [0.2, 0.25) is 0 Å². The summed E-state index contributed by atoms with van der Waals surface area (Å²) in [6.45, 7) is 3.14. The number of amides is 1. The average molecular weight is 310 g/mol. The van der Waals surface area contributed by atoms with E-state index >= 15 is 0 Å². The van der Waals surface area contributed by atoms with Gasteiger partial charge in [0.1, 0.15) is 5.69 Å². The predicted molar refractivity (Wildman–Crippen MR) is 84.9 cm³/mol. The van der Waals surface area contributed by atoms with Gasteiger partial charge in [-0.1, -0.05) is 12.2 Å². The molecule has 0 aromatic carbocycles. The van der Waals surface area contributed by atoms with Gasteiger partial charge in [0.15, 0.2) is 0 Å². The Morgan fingerprint density at radius 1 is 1.40 bits per heavy atom. The minimum absolute atomic E-state index is 0.0739. The highest BCUT2D eigenvalue weighted by atomic mass is 32.2. The number of nitrogens with two attached hydrogens (primary N) is 1. The minimum Gasteiger partial charge on any atom is -0.392 e. The van der Waals surface area contributed by atoms with Crippen LogP contribution < -0.4 is 5.73 Å². The third-order valence-corrected chi connectivity index (χ3v) is 5.63. The van der Waals surface area contributed by atoms with E-state index in [0.29, 0.717) is 23.8 Å². The van der Waals surface area contributed by atoms with E-state index in [1.807, 2.05) is 13.2 Å². The molecule has 2 heterocycles. The first-order valence-corrected chi connectivity index (χ1v) is 8.05. The van der Waals surface area contributed by atoms with Gasteiger partial charge in [-0.25, -0.2) is 4.98 Å². The highest BCUT2D eigenvalue weighted by molar-refractivity contribution is 8.02. The third-order valence-electron chi connectivity index (χ3n) is 3.70. The van der Waals surface area contributed by atoms with E-state index in [9.17, 15) is 4.79 Å². The number of rotatable bonds is 3. The number of likely N-dealkylation sites (tertiary alicyclic amines) is 1. The number of aromatic nitrogens is 2. The SMILES string of the molecule is CSC1(C(N)=S)CCN(C(=O)c2cnc(C)cn2)CC1. The fourth-order valence-corrected chi connectivity index (χ4v) is 3.53. The Hall–Kier alpha value is -1.21. The number of hydrogen-bond acceptors (Lipinski definition) is 5. The van der Waals surface area contributed by atoms with Gasteiger partial charge >= 0.3 is 0 Å². The number of nitrogens with zero attached hydrogens (tertiary/aromatic N) is 3. The van der Waals surface area contributed by atoms with Gasteiger partial charge in [-0.05, 0) is 26.0 Å². The summed E-state index contributed by atoms with van der Waals surface area (Å²) in [5.74, 6) is -0.0739. The Kier molecular flexibility index (Phi) is 4.59. The van der Waals surface area contributed by atoms with Gasteiger partial charge in [0.2, 0.25) is 0 Å². The molecule has 1 aromatic heterocycles. The molecule has 1 saturated heterocycles. The normalized spacial score (nSPS) is 17.8. The van der Waals surface area contributed by atoms with Gasteiger partial charge in [0, 0.05) is 19.3 Å². The van der Waals surface area contributed by atoms with Crippen molar-refractivity contribution >= 4 is 34.9 Å². The fraction of sp³-hybridized carbons (Fsp3) is 0.538. The molecule has 1 aliphatic heterocycles. The predicted octanol–water partition coefficient (Wildman–Crippen LogP) is 1.41. The van der Waals surface area contributed by atoms with Crippen LogP contribution in [0.1, 0.15) is 29.0 Å². The highest BCUT2D eigenvalue weighted by Crippen LogP contribution is 2.35. The molecule has 1 amide bonds. The zero-order chi connectivity index (χ0) is 14.8. The lowest BCUT2D eigenvalue weighted by Gasteiger charge is -2.39. The molecule has 2 rings (SSSR count). The first-order chi connectivity index (χ1) is 9.48. The smallest absolute Gasteiger partial charge is 0.274 e. The largest absolute Gasteiger partial charge is 0.392 e. The molecule has 2 N–H and O–H groups in total. The number of carbonyl (C=O) groups is 1. The van der Waals surface area contributed by atoms with Crippen molar-refractivity contribution in [3.63, 3.8) is 0 Å². The van der Waals surface area contributed by atoms with E-state index < -0.39 is 0 Å². The summed E-state index contributed by atoms with van der Waals surface area (Å²) in [4.78, 5) is 22.9. The maximum atomic E-state index is 12.3. The number of piperidine rings is 1. The number of aryl methyl sites for hydroxylation is 1. The Bertz CT molecular complexity index is 510. The van der Waals surface area contributed by atoms with Crippen LogP contribution in [0.5, 0.6) is 0 Å². The minimum atomic E-state index is -0.176. The van der Waals surface area contributed by atoms with Gasteiger partial charge in [0.25, 0.3) is 5.91 Å². The van der Waals surface area contributed by atoms with Crippen molar-refractivity contribution in [1.82, 2.24) is 14.9 Å². The summed E-state index contributed by atoms with van der Waals surface area (Å²) in [7, 11) is 0. The second kappa shape index (κ2) is 6.05. The maximum absolute atomic E-state index is 12.3. The summed E-state index contributed by atoms with van der Waals surface area (Å²) in [5, 5.41) is 0. The molecule has 1 aliphatic rings. The van der Waals surface area contributed by atoms with Crippen molar-refractivity contribution in [3.05, 3.63) is 23.8 Å². The summed E-state index contributed by atoms with van der Waals surface area (Å²) < 4.78 is -0.176. The van der Waals surface area contributed by atoms with E-state index in [-0.39, 0.29) is 10.7 Å². The first kappa shape index (κ1) is 15.2. The van der Waals surface area contributed by atoms with Gasteiger partial charge in [-0.2, -0.15) is 11.8 Å². The van der Waals surface area contributed by atoms with Crippen LogP contribution in [0.25, 0.3) is 0 Å². The second-order valence-electron chi connectivity index (χ2n) is 4.90. The van der Waals surface area contributed by atoms with Crippen molar-refractivity contribution < 1.29 is 4.79 Å². The number of hydrogen-bond donors (Lipinski definition) is 1. The van der Waals surface area contributed by atoms with Crippen molar-refractivity contribution in [2.75, 3.05) is 19.3 Å². The number of thiocarbonyl (C=S) groups is 1. The van der Waals surface area contributed by atoms with Gasteiger partial charge in [0.05, 0.1) is 21.6 Å². The fourth-order valence-electron chi connectivity index (χ4n) is 2.29. The molecule has 5 nitrogen and oxygen atoms in total. The highest BCUT2D eigenvalue weighted by Gasteiger charge is 2.38. The Morgan fingerprint density at radius 2 is 2.05 bits per heavy atom. The van der Waals surface area contributed by atoms with Gasteiger partial charge < -0.3 is 10.6 Å². The lowest BCUT2D eigenvalue weighted by Crippen LogP contribution is -2.50. The standard InChI is InChI=1S/C13H18N4OS2/c1-9-7-16-10(8-15-9)11(18)17-5-3-13(20-2,4-6-17)12(14)19/h7-8H,3-6H2,1-2H3,(H2,14,19). The zero-order valence-corrected chi connectivity index (χ0v) is 13.3. The van der Waals surface area contributed by atoms with Crippen molar-refractivity contribution in [3.8, 4) is 0 Å². The first-order valence-electron chi connectivity index (χ1n) is 6.41. The number of carbonyl (C=O) groups excluding carboxylic acids is 1. The van der Waals surface area contributed by atoms with Crippen LogP contribution in [0.3, 0.4) is 0 Å². The topological polar surface area (TPSA) is 72.1 Å². The molecule has 1 aromatic rings. The molecule has 0 atom stereocenters. The Balaban J connectivity index is 2.05. The summed E-state index contributed by atoms with van der Waals surface area (Å²) in [6, 6.07) is 0. The molecular formula is C13H18N4OS2. The van der Waals surface area contributed by atoms with Crippen LogP contribution in [0, 0.1) is 6.92 Å². The lowest BCUT2D eigenvalue weighted by molar-refractivity contribution is 0.0712. The van der Waals surface area contributed by atoms with E-state index in [0.717, 1.165) is 18.5 Å². The van der Waals surface area contributed by atoms with Crippen LogP contribution in [0.15, 0.2) is 12.4 Å². The van der Waals surface area contributed by atoms with Crippen molar-refractivity contribution in [1.29, 1.82) is 0 Å². The molecular weight excluding hydrogens is 292 g/mol. The molecule has 20 heavy (non-hydrogen) atoms. The quantitative estimate of drug-likeness (QED) is 0.851. The summed E-state index contributed by atoms with van der Waals surface area (Å²) in [5.41, 5.74) is 7.04. The summed E-state index contributed by atoms with van der Waals surface area (Å²) in [6.07, 6.45) is 6.73. The number of thioether (sulfide) groups is 1. The van der Waals surface area contributed by atoms with Crippen molar-refractivity contribution in [2.24, 2.45) is 5.73 Å². The molecule has 0 saturated carbocycles. The van der Waals surface area contributed by atoms with Crippen LogP contribution in [0.4, 0.5) is 0 Å². The molecule has 0 spiro atoms. The molecule has 108 valence electrons. The van der Waals surface area contributed by atoms with Gasteiger partial charge in [-0.3, -0.25) is 9.78 Å². The molecule has 0 aliphatic carbocycles. The zero-order valence-electron chi connectivity index (χ0n) is 11.6. The maximum Gasteiger partial charge on any atom is 0.274 e. The van der Waals surface area contributed by atoms with E-state index in [1.165, 1.54) is 6.20 Å².